The lowest BCUT2D eigenvalue weighted by Gasteiger charge is -2.26. The van der Waals surface area contributed by atoms with Crippen LogP contribution in [0, 0.1) is 0 Å². The molecule has 2 heterocycles. The van der Waals surface area contributed by atoms with Crippen LogP contribution in [0.1, 0.15) is 25.2 Å². The van der Waals surface area contributed by atoms with Gasteiger partial charge < -0.3 is 14.6 Å². The smallest absolute Gasteiger partial charge is 0.248 e. The molecule has 1 aromatic rings. The van der Waals surface area contributed by atoms with Crippen molar-refractivity contribution in [2.24, 2.45) is 0 Å². The standard InChI is InChI=1S/C11H17N3O2/c1-8(2)16-6-11(15)14-4-3-9-10(5-14)13-7-12-9/h7-8H,3-6H2,1-2H3,(H,12,13). The van der Waals surface area contributed by atoms with Crippen LogP contribution in [0.25, 0.3) is 0 Å². The first-order valence-corrected chi connectivity index (χ1v) is 5.57. The Morgan fingerprint density at radius 2 is 2.50 bits per heavy atom. The van der Waals surface area contributed by atoms with E-state index < -0.39 is 0 Å². The number of hydrogen-bond donors (Lipinski definition) is 1. The van der Waals surface area contributed by atoms with E-state index >= 15 is 0 Å². The zero-order valence-corrected chi connectivity index (χ0v) is 9.69. The zero-order valence-electron chi connectivity index (χ0n) is 9.69. The number of nitrogens with zero attached hydrogens (tertiary/aromatic N) is 2. The van der Waals surface area contributed by atoms with Gasteiger partial charge in [0, 0.05) is 13.0 Å². The minimum absolute atomic E-state index is 0.0500. The predicted molar refractivity (Wildman–Crippen MR) is 58.8 cm³/mol. The molecule has 1 aliphatic rings. The van der Waals surface area contributed by atoms with Crippen molar-refractivity contribution in [2.45, 2.75) is 32.9 Å². The van der Waals surface area contributed by atoms with E-state index in [2.05, 4.69) is 9.97 Å². The molecule has 0 spiro atoms. The second-order valence-corrected chi connectivity index (χ2v) is 4.25. The van der Waals surface area contributed by atoms with Gasteiger partial charge in [-0.25, -0.2) is 4.98 Å². The second-order valence-electron chi connectivity index (χ2n) is 4.25. The Morgan fingerprint density at radius 1 is 1.69 bits per heavy atom. The summed E-state index contributed by atoms with van der Waals surface area (Å²) in [7, 11) is 0. The fraction of sp³-hybridized carbons (Fsp3) is 0.636. The summed E-state index contributed by atoms with van der Waals surface area (Å²) >= 11 is 0. The summed E-state index contributed by atoms with van der Waals surface area (Å²) in [5, 5.41) is 0. The summed E-state index contributed by atoms with van der Waals surface area (Å²) in [5.41, 5.74) is 2.12. The lowest BCUT2D eigenvalue weighted by Crippen LogP contribution is -2.38. The summed E-state index contributed by atoms with van der Waals surface area (Å²) in [6, 6.07) is 0. The number of ether oxygens (including phenoxy) is 1. The summed E-state index contributed by atoms with van der Waals surface area (Å²) in [4.78, 5) is 20.9. The van der Waals surface area contributed by atoms with Crippen molar-refractivity contribution < 1.29 is 9.53 Å². The fourth-order valence-electron chi connectivity index (χ4n) is 1.75. The molecule has 16 heavy (non-hydrogen) atoms. The van der Waals surface area contributed by atoms with E-state index in [9.17, 15) is 4.79 Å². The molecule has 1 aromatic heterocycles. The minimum Gasteiger partial charge on any atom is -0.369 e. The van der Waals surface area contributed by atoms with Gasteiger partial charge in [-0.3, -0.25) is 4.79 Å². The van der Waals surface area contributed by atoms with E-state index in [1.54, 1.807) is 6.33 Å². The van der Waals surface area contributed by atoms with Crippen molar-refractivity contribution in [2.75, 3.05) is 13.2 Å². The highest BCUT2D eigenvalue weighted by atomic mass is 16.5. The molecule has 0 saturated carbocycles. The number of imidazole rings is 1. The molecule has 1 N–H and O–H groups in total. The molecule has 5 heteroatoms. The van der Waals surface area contributed by atoms with Crippen molar-refractivity contribution in [1.29, 1.82) is 0 Å². The maximum atomic E-state index is 11.8. The van der Waals surface area contributed by atoms with Gasteiger partial charge >= 0.3 is 0 Å². The van der Waals surface area contributed by atoms with Gasteiger partial charge in [0.2, 0.25) is 5.91 Å². The molecule has 0 radical (unpaired) electrons. The molecule has 1 amide bonds. The first-order chi connectivity index (χ1) is 7.66. The van der Waals surface area contributed by atoms with Gasteiger partial charge in [0.1, 0.15) is 6.61 Å². The van der Waals surface area contributed by atoms with E-state index in [4.69, 9.17) is 4.74 Å². The molecular weight excluding hydrogens is 206 g/mol. The van der Waals surface area contributed by atoms with Gasteiger partial charge in [-0.15, -0.1) is 0 Å². The lowest BCUT2D eigenvalue weighted by molar-refractivity contribution is -0.138. The Labute approximate surface area is 94.8 Å². The number of carbonyl (C=O) groups excluding carboxylic acids is 1. The molecule has 1 aliphatic heterocycles. The predicted octanol–water partition coefficient (Wildman–Crippen LogP) is 0.719. The molecule has 2 rings (SSSR count). The van der Waals surface area contributed by atoms with Crippen molar-refractivity contribution in [3.63, 3.8) is 0 Å². The Morgan fingerprint density at radius 3 is 3.25 bits per heavy atom. The Bertz CT molecular complexity index is 373. The van der Waals surface area contributed by atoms with Crippen LogP contribution in [-0.4, -0.2) is 40.0 Å². The Kier molecular flexibility index (Phi) is 3.24. The molecule has 0 saturated heterocycles. The van der Waals surface area contributed by atoms with Gasteiger partial charge in [-0.1, -0.05) is 0 Å². The minimum atomic E-state index is 0.0500. The number of amides is 1. The monoisotopic (exact) mass is 223 g/mol. The number of hydrogen-bond acceptors (Lipinski definition) is 3. The highest BCUT2D eigenvalue weighted by molar-refractivity contribution is 5.77. The molecule has 0 bridgehead atoms. The topological polar surface area (TPSA) is 58.2 Å². The first kappa shape index (κ1) is 11.1. The van der Waals surface area contributed by atoms with Crippen LogP contribution >= 0.6 is 0 Å². The van der Waals surface area contributed by atoms with Gasteiger partial charge in [-0.05, 0) is 13.8 Å². The van der Waals surface area contributed by atoms with Crippen molar-refractivity contribution in [3.05, 3.63) is 17.7 Å². The molecule has 0 atom stereocenters. The molecular formula is C11H17N3O2. The first-order valence-electron chi connectivity index (χ1n) is 5.57. The molecule has 0 aromatic carbocycles. The van der Waals surface area contributed by atoms with E-state index in [0.29, 0.717) is 6.54 Å². The van der Waals surface area contributed by atoms with Crippen LogP contribution in [0.2, 0.25) is 0 Å². The van der Waals surface area contributed by atoms with E-state index in [1.165, 1.54) is 0 Å². The van der Waals surface area contributed by atoms with Gasteiger partial charge in [0.25, 0.3) is 0 Å². The molecule has 88 valence electrons. The second kappa shape index (κ2) is 4.65. The third-order valence-electron chi connectivity index (χ3n) is 2.67. The van der Waals surface area contributed by atoms with Crippen LogP contribution in [0.4, 0.5) is 0 Å². The number of nitrogens with one attached hydrogen (secondary N) is 1. The largest absolute Gasteiger partial charge is 0.369 e. The van der Waals surface area contributed by atoms with Gasteiger partial charge in [0.15, 0.2) is 0 Å². The average Bonchev–Trinajstić information content (AvgIpc) is 2.72. The van der Waals surface area contributed by atoms with Crippen molar-refractivity contribution >= 4 is 5.91 Å². The third-order valence-corrected chi connectivity index (χ3v) is 2.67. The molecule has 0 aliphatic carbocycles. The zero-order chi connectivity index (χ0) is 11.5. The summed E-state index contributed by atoms with van der Waals surface area (Å²) in [6.45, 7) is 5.38. The number of aromatic amines is 1. The quantitative estimate of drug-likeness (QED) is 0.821. The molecule has 0 fully saturated rings. The number of aromatic nitrogens is 2. The van der Waals surface area contributed by atoms with Gasteiger partial charge in [-0.2, -0.15) is 0 Å². The number of H-pyrrole nitrogens is 1. The summed E-state index contributed by atoms with van der Waals surface area (Å²) < 4.78 is 5.31. The van der Waals surface area contributed by atoms with Gasteiger partial charge in [0.05, 0.1) is 30.4 Å². The number of fused-ring (bicyclic) bond motifs is 1. The Balaban J connectivity index is 1.90. The third kappa shape index (κ3) is 2.41. The maximum absolute atomic E-state index is 11.8. The highest BCUT2D eigenvalue weighted by Crippen LogP contribution is 2.14. The van der Waals surface area contributed by atoms with Crippen molar-refractivity contribution in [1.82, 2.24) is 14.9 Å². The van der Waals surface area contributed by atoms with Crippen LogP contribution in [-0.2, 0) is 22.5 Å². The van der Waals surface area contributed by atoms with E-state index in [0.717, 1.165) is 24.4 Å². The van der Waals surface area contributed by atoms with E-state index in [-0.39, 0.29) is 18.6 Å². The van der Waals surface area contributed by atoms with Crippen LogP contribution in [0.3, 0.4) is 0 Å². The lowest BCUT2D eigenvalue weighted by atomic mass is 10.1. The molecule has 0 unspecified atom stereocenters. The van der Waals surface area contributed by atoms with E-state index in [1.807, 2.05) is 18.7 Å². The summed E-state index contributed by atoms with van der Waals surface area (Å²) in [6.07, 6.45) is 2.60. The fourth-order valence-corrected chi connectivity index (χ4v) is 1.75. The van der Waals surface area contributed by atoms with Crippen molar-refractivity contribution in [3.8, 4) is 0 Å². The average molecular weight is 223 g/mol. The normalized spacial score (nSPS) is 15.3. The molecule has 5 nitrogen and oxygen atoms in total. The van der Waals surface area contributed by atoms with Crippen LogP contribution in [0.5, 0.6) is 0 Å². The number of rotatable bonds is 3. The highest BCUT2D eigenvalue weighted by Gasteiger charge is 2.22. The Hall–Kier alpha value is -1.36. The van der Waals surface area contributed by atoms with Crippen LogP contribution < -0.4 is 0 Å². The SMILES string of the molecule is CC(C)OCC(=O)N1CCc2nc[nH]c2C1. The number of carbonyl (C=O) groups is 1. The van der Waals surface area contributed by atoms with Crippen LogP contribution in [0.15, 0.2) is 6.33 Å². The summed E-state index contributed by atoms with van der Waals surface area (Å²) in [5.74, 6) is 0.0500. The maximum Gasteiger partial charge on any atom is 0.248 e.